The Labute approximate surface area is 149 Å². The average molecular weight is 358 g/mol. The Morgan fingerprint density at radius 2 is 2.08 bits per heavy atom. The van der Waals surface area contributed by atoms with Gasteiger partial charge < -0.3 is 5.32 Å². The molecule has 2 aromatic heterocycles. The second-order valence-electron chi connectivity index (χ2n) is 5.43. The molecule has 2 heterocycles. The van der Waals surface area contributed by atoms with Gasteiger partial charge in [0.05, 0.1) is 5.25 Å². The number of nitrogens with zero attached hydrogens (tertiary/aromatic N) is 2. The van der Waals surface area contributed by atoms with Crippen molar-refractivity contribution in [2.45, 2.75) is 37.1 Å². The highest BCUT2D eigenvalue weighted by Gasteiger charge is 2.17. The maximum absolute atomic E-state index is 12.3. The van der Waals surface area contributed by atoms with Gasteiger partial charge in [-0.1, -0.05) is 49.0 Å². The van der Waals surface area contributed by atoms with Crippen LogP contribution < -0.4 is 5.32 Å². The van der Waals surface area contributed by atoms with Crippen LogP contribution in [0, 0.1) is 0 Å². The molecule has 3 rings (SSSR count). The van der Waals surface area contributed by atoms with E-state index in [0.29, 0.717) is 6.54 Å². The molecule has 1 unspecified atom stereocenters. The first-order valence-corrected chi connectivity index (χ1v) is 9.58. The molecule has 1 amide bonds. The number of thioether (sulfide) groups is 1. The van der Waals surface area contributed by atoms with Crippen LogP contribution in [0.3, 0.4) is 0 Å². The molecule has 1 atom stereocenters. The maximum atomic E-state index is 12.3. The van der Waals surface area contributed by atoms with E-state index in [4.69, 9.17) is 0 Å². The van der Waals surface area contributed by atoms with E-state index in [1.54, 1.807) is 17.7 Å². The van der Waals surface area contributed by atoms with Crippen molar-refractivity contribution in [1.29, 1.82) is 0 Å². The molecule has 0 aliphatic heterocycles. The standard InChI is InChI=1S/C18H19N3OS2/c1-3-14-9-15-17(20-11-21-18(15)24-14)23-12(2)16(22)19-10-13-7-5-4-6-8-13/h4-9,11-12H,3,10H2,1-2H3,(H,19,22). The first-order chi connectivity index (χ1) is 11.7. The molecule has 3 aromatic rings. The zero-order chi connectivity index (χ0) is 16.9. The summed E-state index contributed by atoms with van der Waals surface area (Å²) in [6.07, 6.45) is 2.56. The van der Waals surface area contributed by atoms with E-state index in [1.807, 2.05) is 37.3 Å². The number of thiophene rings is 1. The van der Waals surface area contributed by atoms with Gasteiger partial charge in [0.1, 0.15) is 16.2 Å². The third-order valence-electron chi connectivity index (χ3n) is 3.66. The highest BCUT2D eigenvalue weighted by molar-refractivity contribution is 8.00. The predicted molar refractivity (Wildman–Crippen MR) is 100 cm³/mol. The fourth-order valence-electron chi connectivity index (χ4n) is 2.30. The minimum atomic E-state index is -0.211. The van der Waals surface area contributed by atoms with Gasteiger partial charge in [-0.25, -0.2) is 9.97 Å². The number of aryl methyl sites for hydroxylation is 1. The summed E-state index contributed by atoms with van der Waals surface area (Å²) in [6, 6.07) is 12.1. The quantitative estimate of drug-likeness (QED) is 0.534. The largest absolute Gasteiger partial charge is 0.351 e. The number of rotatable bonds is 6. The zero-order valence-corrected chi connectivity index (χ0v) is 15.3. The number of carbonyl (C=O) groups excluding carboxylic acids is 1. The Bertz CT molecular complexity index is 833. The van der Waals surface area contributed by atoms with Crippen LogP contribution in [0.25, 0.3) is 10.2 Å². The van der Waals surface area contributed by atoms with E-state index >= 15 is 0 Å². The molecule has 1 aromatic carbocycles. The van der Waals surface area contributed by atoms with E-state index in [0.717, 1.165) is 27.2 Å². The third kappa shape index (κ3) is 3.94. The van der Waals surface area contributed by atoms with Gasteiger partial charge in [-0.05, 0) is 25.0 Å². The van der Waals surface area contributed by atoms with Gasteiger partial charge in [-0.2, -0.15) is 0 Å². The number of nitrogens with one attached hydrogen (secondary N) is 1. The number of hydrogen-bond acceptors (Lipinski definition) is 5. The molecule has 1 N–H and O–H groups in total. The molecule has 24 heavy (non-hydrogen) atoms. The van der Waals surface area contributed by atoms with Crippen molar-refractivity contribution in [1.82, 2.24) is 15.3 Å². The van der Waals surface area contributed by atoms with Gasteiger partial charge in [-0.15, -0.1) is 11.3 Å². The van der Waals surface area contributed by atoms with Gasteiger partial charge in [0.25, 0.3) is 0 Å². The minimum absolute atomic E-state index is 0.0153. The fourth-order valence-corrected chi connectivity index (χ4v) is 4.22. The van der Waals surface area contributed by atoms with E-state index in [1.165, 1.54) is 16.6 Å². The number of hydrogen-bond donors (Lipinski definition) is 1. The molecule has 124 valence electrons. The summed E-state index contributed by atoms with van der Waals surface area (Å²) in [7, 11) is 0. The van der Waals surface area contributed by atoms with Crippen LogP contribution in [0.4, 0.5) is 0 Å². The summed E-state index contributed by atoms with van der Waals surface area (Å²) < 4.78 is 0. The van der Waals surface area contributed by atoms with Crippen molar-refractivity contribution in [2.75, 3.05) is 0 Å². The summed E-state index contributed by atoms with van der Waals surface area (Å²) >= 11 is 3.17. The first-order valence-electron chi connectivity index (χ1n) is 7.89. The Balaban J connectivity index is 1.66. The lowest BCUT2D eigenvalue weighted by Gasteiger charge is -2.12. The Hall–Kier alpha value is -1.92. The zero-order valence-electron chi connectivity index (χ0n) is 13.7. The van der Waals surface area contributed by atoms with Crippen LogP contribution in [0.15, 0.2) is 47.8 Å². The van der Waals surface area contributed by atoms with Crippen molar-refractivity contribution < 1.29 is 4.79 Å². The predicted octanol–water partition coefficient (Wildman–Crippen LogP) is 4.05. The van der Waals surface area contributed by atoms with Gasteiger partial charge in [-0.3, -0.25) is 4.79 Å². The molecule has 0 aliphatic carbocycles. The maximum Gasteiger partial charge on any atom is 0.233 e. The summed E-state index contributed by atoms with van der Waals surface area (Å²) in [5.74, 6) is 0.0153. The Morgan fingerprint density at radius 3 is 2.83 bits per heavy atom. The van der Waals surface area contributed by atoms with Crippen LogP contribution in [-0.2, 0) is 17.8 Å². The Kier molecular flexibility index (Phi) is 5.48. The summed E-state index contributed by atoms with van der Waals surface area (Å²) in [5, 5.41) is 4.69. The smallest absolute Gasteiger partial charge is 0.233 e. The van der Waals surface area contributed by atoms with Crippen LogP contribution in [0.1, 0.15) is 24.3 Å². The van der Waals surface area contributed by atoms with E-state index in [9.17, 15) is 4.79 Å². The SMILES string of the molecule is CCc1cc2c(SC(C)C(=O)NCc3ccccc3)ncnc2s1. The number of fused-ring (bicyclic) bond motifs is 1. The van der Waals surface area contributed by atoms with E-state index in [2.05, 4.69) is 28.3 Å². The van der Waals surface area contributed by atoms with Gasteiger partial charge in [0.15, 0.2) is 0 Å². The molecule has 4 nitrogen and oxygen atoms in total. The highest BCUT2D eigenvalue weighted by Crippen LogP contribution is 2.32. The fraction of sp³-hybridized carbons (Fsp3) is 0.278. The van der Waals surface area contributed by atoms with Crippen molar-refractivity contribution in [3.05, 3.63) is 53.2 Å². The molecule has 0 saturated carbocycles. The van der Waals surface area contributed by atoms with Crippen molar-refractivity contribution >= 4 is 39.2 Å². The molecule has 0 saturated heterocycles. The average Bonchev–Trinajstić information content (AvgIpc) is 3.05. The number of benzene rings is 1. The summed E-state index contributed by atoms with van der Waals surface area (Å²) in [4.78, 5) is 23.3. The van der Waals surface area contributed by atoms with Crippen LogP contribution in [0.2, 0.25) is 0 Å². The molecule has 6 heteroatoms. The van der Waals surface area contributed by atoms with Gasteiger partial charge >= 0.3 is 0 Å². The first kappa shape index (κ1) is 16.9. The van der Waals surface area contributed by atoms with Gasteiger partial charge in [0.2, 0.25) is 5.91 Å². The second-order valence-corrected chi connectivity index (χ2v) is 7.87. The van der Waals surface area contributed by atoms with Crippen molar-refractivity contribution in [3.8, 4) is 0 Å². The topological polar surface area (TPSA) is 54.9 Å². The lowest BCUT2D eigenvalue weighted by molar-refractivity contribution is -0.120. The minimum Gasteiger partial charge on any atom is -0.351 e. The lowest BCUT2D eigenvalue weighted by Crippen LogP contribution is -2.30. The summed E-state index contributed by atoms with van der Waals surface area (Å²) in [5.41, 5.74) is 1.10. The van der Waals surface area contributed by atoms with Crippen molar-refractivity contribution in [3.63, 3.8) is 0 Å². The van der Waals surface area contributed by atoms with Crippen LogP contribution in [0.5, 0.6) is 0 Å². The normalized spacial score (nSPS) is 12.2. The molecule has 0 spiro atoms. The molecule has 0 bridgehead atoms. The van der Waals surface area contributed by atoms with Crippen LogP contribution >= 0.6 is 23.1 Å². The third-order valence-corrected chi connectivity index (χ3v) is 5.96. The molecular formula is C18H19N3OS2. The van der Waals surface area contributed by atoms with E-state index < -0.39 is 0 Å². The summed E-state index contributed by atoms with van der Waals surface area (Å²) in [6.45, 7) is 4.58. The van der Waals surface area contributed by atoms with Crippen molar-refractivity contribution in [2.24, 2.45) is 0 Å². The van der Waals surface area contributed by atoms with Crippen LogP contribution in [-0.4, -0.2) is 21.1 Å². The molecule has 0 aliphatic rings. The highest BCUT2D eigenvalue weighted by atomic mass is 32.2. The number of amides is 1. The van der Waals surface area contributed by atoms with Gasteiger partial charge in [0, 0.05) is 16.8 Å². The Morgan fingerprint density at radius 1 is 1.29 bits per heavy atom. The molecule has 0 radical (unpaired) electrons. The monoisotopic (exact) mass is 357 g/mol. The molecular weight excluding hydrogens is 338 g/mol. The second kappa shape index (κ2) is 7.77. The number of carbonyl (C=O) groups is 1. The lowest BCUT2D eigenvalue weighted by atomic mass is 10.2. The molecule has 0 fully saturated rings. The van der Waals surface area contributed by atoms with E-state index in [-0.39, 0.29) is 11.2 Å². The number of aromatic nitrogens is 2.